The van der Waals surface area contributed by atoms with Gasteiger partial charge >= 0.3 is 5.91 Å². The van der Waals surface area contributed by atoms with Crippen molar-refractivity contribution in [3.8, 4) is 11.5 Å². The van der Waals surface area contributed by atoms with Crippen LogP contribution in [0.2, 0.25) is 0 Å². The normalized spacial score (nSPS) is 10.6. The zero-order valence-corrected chi connectivity index (χ0v) is 18.3. The molecule has 0 bridgehead atoms. The molecule has 2 aromatic carbocycles. The lowest BCUT2D eigenvalue weighted by atomic mass is 10.1. The fourth-order valence-corrected chi connectivity index (χ4v) is 3.31. The minimum absolute atomic E-state index is 0.145. The van der Waals surface area contributed by atoms with E-state index in [2.05, 4.69) is 15.8 Å². The van der Waals surface area contributed by atoms with Gasteiger partial charge in [0, 0.05) is 28.9 Å². The number of ether oxygens (including phenoxy) is 2. The highest BCUT2D eigenvalue weighted by Crippen LogP contribution is 2.29. The van der Waals surface area contributed by atoms with Gasteiger partial charge in [-0.05, 0) is 55.8 Å². The number of carbonyl (C=O) groups excluding carboxylic acids is 2. The standard InChI is InChI=1S/C25H23N3O5/c1-3-31-22-14-18(8-9-21(22)32-15-17-10-12-26-13-11-17)24(29)27-28-25(30)23-16(2)19-6-4-5-7-20(19)33-23/h4-14H,3,15H2,1-2H3,(H,27,29)(H,28,30). The summed E-state index contributed by atoms with van der Waals surface area (Å²) in [5, 5.41) is 0.845. The van der Waals surface area contributed by atoms with Crippen molar-refractivity contribution in [2.45, 2.75) is 20.5 Å². The Morgan fingerprint density at radius 1 is 0.939 bits per heavy atom. The first-order valence-corrected chi connectivity index (χ1v) is 10.4. The smallest absolute Gasteiger partial charge is 0.305 e. The Bertz CT molecular complexity index is 1280. The number of pyridine rings is 1. The second kappa shape index (κ2) is 9.86. The molecule has 0 spiro atoms. The number of aromatic nitrogens is 1. The molecule has 0 unspecified atom stereocenters. The number of para-hydroxylation sites is 1. The number of aryl methyl sites for hydroxylation is 1. The van der Waals surface area contributed by atoms with Crippen LogP contribution < -0.4 is 20.3 Å². The molecule has 2 aromatic heterocycles. The molecule has 168 valence electrons. The molecular formula is C25H23N3O5. The van der Waals surface area contributed by atoms with Crippen molar-refractivity contribution in [1.82, 2.24) is 15.8 Å². The third kappa shape index (κ3) is 4.95. The van der Waals surface area contributed by atoms with Crippen molar-refractivity contribution in [3.05, 3.63) is 89.4 Å². The van der Waals surface area contributed by atoms with Crippen LogP contribution in [0.15, 0.2) is 71.4 Å². The summed E-state index contributed by atoms with van der Waals surface area (Å²) in [6.07, 6.45) is 3.38. The number of carbonyl (C=O) groups is 2. The van der Waals surface area contributed by atoms with Crippen LogP contribution in [0.25, 0.3) is 11.0 Å². The predicted molar refractivity (Wildman–Crippen MR) is 122 cm³/mol. The molecule has 0 aliphatic heterocycles. The van der Waals surface area contributed by atoms with Gasteiger partial charge in [-0.2, -0.15) is 0 Å². The average molecular weight is 445 g/mol. The number of hydrogen-bond acceptors (Lipinski definition) is 6. The van der Waals surface area contributed by atoms with Gasteiger partial charge in [0.2, 0.25) is 0 Å². The van der Waals surface area contributed by atoms with Gasteiger partial charge in [0.1, 0.15) is 12.2 Å². The second-order valence-corrected chi connectivity index (χ2v) is 7.20. The van der Waals surface area contributed by atoms with Gasteiger partial charge in [0.25, 0.3) is 5.91 Å². The lowest BCUT2D eigenvalue weighted by Crippen LogP contribution is -2.41. The highest BCUT2D eigenvalue weighted by molar-refractivity contribution is 6.01. The number of rotatable bonds is 7. The van der Waals surface area contributed by atoms with E-state index in [9.17, 15) is 9.59 Å². The topological polar surface area (TPSA) is 103 Å². The van der Waals surface area contributed by atoms with Crippen LogP contribution in [0.5, 0.6) is 11.5 Å². The minimum Gasteiger partial charge on any atom is -0.490 e. The first kappa shape index (κ1) is 21.9. The molecule has 2 heterocycles. The highest BCUT2D eigenvalue weighted by Gasteiger charge is 2.19. The Morgan fingerprint density at radius 2 is 1.70 bits per heavy atom. The van der Waals surface area contributed by atoms with Crippen LogP contribution in [0.3, 0.4) is 0 Å². The van der Waals surface area contributed by atoms with Gasteiger partial charge in [0.05, 0.1) is 6.61 Å². The largest absolute Gasteiger partial charge is 0.490 e. The number of fused-ring (bicyclic) bond motifs is 1. The van der Waals surface area contributed by atoms with Gasteiger partial charge < -0.3 is 13.9 Å². The number of hydrazine groups is 1. The summed E-state index contributed by atoms with van der Waals surface area (Å²) in [5.41, 5.74) is 7.38. The van der Waals surface area contributed by atoms with Gasteiger partial charge in [0.15, 0.2) is 17.3 Å². The van der Waals surface area contributed by atoms with Crippen LogP contribution in [0.1, 0.15) is 39.0 Å². The van der Waals surface area contributed by atoms with Crippen LogP contribution in [-0.4, -0.2) is 23.4 Å². The minimum atomic E-state index is -0.542. The maximum atomic E-state index is 12.6. The lowest BCUT2D eigenvalue weighted by molar-refractivity contribution is 0.0831. The van der Waals surface area contributed by atoms with E-state index in [1.54, 1.807) is 43.6 Å². The van der Waals surface area contributed by atoms with Crippen LogP contribution in [0.4, 0.5) is 0 Å². The van der Waals surface area contributed by atoms with Gasteiger partial charge in [-0.3, -0.25) is 25.4 Å². The van der Waals surface area contributed by atoms with E-state index < -0.39 is 11.8 Å². The second-order valence-electron chi connectivity index (χ2n) is 7.20. The molecule has 0 fully saturated rings. The quantitative estimate of drug-likeness (QED) is 0.414. The Balaban J connectivity index is 1.43. The average Bonchev–Trinajstić information content (AvgIpc) is 3.19. The van der Waals surface area contributed by atoms with Crippen LogP contribution >= 0.6 is 0 Å². The van der Waals surface area contributed by atoms with Crippen molar-refractivity contribution in [3.63, 3.8) is 0 Å². The molecule has 4 aromatic rings. The Hall–Kier alpha value is -4.33. The zero-order chi connectivity index (χ0) is 23.2. The first-order chi connectivity index (χ1) is 16.1. The van der Waals surface area contributed by atoms with Gasteiger partial charge in [-0.25, -0.2) is 0 Å². The Morgan fingerprint density at radius 3 is 2.45 bits per heavy atom. The fraction of sp³-hybridized carbons (Fsp3) is 0.160. The summed E-state index contributed by atoms with van der Waals surface area (Å²) >= 11 is 0. The SMILES string of the molecule is CCOc1cc(C(=O)NNC(=O)c2oc3ccccc3c2C)ccc1OCc1ccncc1. The van der Waals surface area contributed by atoms with E-state index in [0.29, 0.717) is 41.4 Å². The molecule has 0 radical (unpaired) electrons. The summed E-state index contributed by atoms with van der Waals surface area (Å²) in [6.45, 7) is 4.37. The summed E-state index contributed by atoms with van der Waals surface area (Å²) in [6, 6.07) is 15.9. The molecule has 0 saturated carbocycles. The Kier molecular flexibility index (Phi) is 6.54. The summed E-state index contributed by atoms with van der Waals surface area (Å²) in [4.78, 5) is 29.2. The Labute approximate surface area is 190 Å². The number of amides is 2. The van der Waals surface area contributed by atoms with Crippen molar-refractivity contribution < 1.29 is 23.5 Å². The molecule has 0 aliphatic rings. The number of nitrogens with one attached hydrogen (secondary N) is 2. The molecule has 4 rings (SSSR count). The summed E-state index contributed by atoms with van der Waals surface area (Å²) in [5.74, 6) is 0.0373. The molecule has 8 nitrogen and oxygen atoms in total. The van der Waals surface area contributed by atoms with Crippen molar-refractivity contribution in [1.29, 1.82) is 0 Å². The summed E-state index contributed by atoms with van der Waals surface area (Å²) in [7, 11) is 0. The third-order valence-corrected chi connectivity index (χ3v) is 4.99. The van der Waals surface area contributed by atoms with Crippen LogP contribution in [0, 0.1) is 6.92 Å². The van der Waals surface area contributed by atoms with E-state index in [1.807, 2.05) is 37.3 Å². The van der Waals surface area contributed by atoms with E-state index in [4.69, 9.17) is 13.9 Å². The van der Waals surface area contributed by atoms with Crippen molar-refractivity contribution in [2.75, 3.05) is 6.61 Å². The zero-order valence-electron chi connectivity index (χ0n) is 18.3. The number of nitrogens with zero attached hydrogens (tertiary/aromatic N) is 1. The van der Waals surface area contributed by atoms with E-state index in [-0.39, 0.29) is 5.76 Å². The number of hydrogen-bond donors (Lipinski definition) is 2. The molecule has 0 saturated heterocycles. The van der Waals surface area contributed by atoms with Crippen molar-refractivity contribution in [2.24, 2.45) is 0 Å². The molecule has 0 aliphatic carbocycles. The van der Waals surface area contributed by atoms with E-state index >= 15 is 0 Å². The van der Waals surface area contributed by atoms with E-state index in [1.165, 1.54) is 0 Å². The van der Waals surface area contributed by atoms with Gasteiger partial charge in [-0.1, -0.05) is 18.2 Å². The van der Waals surface area contributed by atoms with Crippen LogP contribution in [-0.2, 0) is 6.61 Å². The molecule has 33 heavy (non-hydrogen) atoms. The molecular weight excluding hydrogens is 422 g/mol. The molecule has 0 atom stereocenters. The molecule has 2 amide bonds. The first-order valence-electron chi connectivity index (χ1n) is 10.4. The monoisotopic (exact) mass is 445 g/mol. The molecule has 8 heteroatoms. The highest BCUT2D eigenvalue weighted by atomic mass is 16.5. The van der Waals surface area contributed by atoms with E-state index in [0.717, 1.165) is 10.9 Å². The predicted octanol–water partition coefficient (Wildman–Crippen LogP) is 4.19. The number of benzene rings is 2. The van der Waals surface area contributed by atoms with Crippen molar-refractivity contribution >= 4 is 22.8 Å². The maximum Gasteiger partial charge on any atom is 0.305 e. The van der Waals surface area contributed by atoms with Gasteiger partial charge in [-0.15, -0.1) is 0 Å². The lowest BCUT2D eigenvalue weighted by Gasteiger charge is -2.13. The fourth-order valence-electron chi connectivity index (χ4n) is 3.31. The maximum absolute atomic E-state index is 12.6. The third-order valence-electron chi connectivity index (χ3n) is 4.99. The summed E-state index contributed by atoms with van der Waals surface area (Å²) < 4.78 is 17.1. The molecule has 2 N–H and O–H groups in total. The number of furan rings is 1.